The molecule has 0 amide bonds. The summed E-state index contributed by atoms with van der Waals surface area (Å²) in [6, 6.07) is 18.2. The predicted molar refractivity (Wildman–Crippen MR) is 117 cm³/mol. The largest absolute Gasteiger partial charge is 0.495 e. The van der Waals surface area contributed by atoms with Crippen LogP contribution in [0.3, 0.4) is 0 Å². The van der Waals surface area contributed by atoms with E-state index in [4.69, 9.17) is 15.2 Å². The van der Waals surface area contributed by atoms with Gasteiger partial charge in [0.25, 0.3) is 0 Å². The van der Waals surface area contributed by atoms with E-state index in [1.807, 2.05) is 42.5 Å². The smallest absolute Gasteiger partial charge is 0.174 e. The Morgan fingerprint density at radius 1 is 1.17 bits per heavy atom. The Hall–Kier alpha value is -2.41. The number of hydrogen-bond acceptors (Lipinski definition) is 5. The third kappa shape index (κ3) is 2.44. The Morgan fingerprint density at radius 3 is 2.57 bits per heavy atom. The van der Waals surface area contributed by atoms with E-state index in [-0.39, 0.29) is 11.8 Å². The van der Waals surface area contributed by atoms with Gasteiger partial charge in [0.1, 0.15) is 17.1 Å². The molecular formula is C24H23BrN2O3. The number of fused-ring (bicyclic) bond motifs is 3. The Morgan fingerprint density at radius 2 is 1.90 bits per heavy atom. The van der Waals surface area contributed by atoms with Crippen LogP contribution in [0.5, 0.6) is 11.5 Å². The molecule has 2 heterocycles. The molecule has 4 atom stereocenters. The molecule has 1 saturated carbocycles. The molecule has 1 aromatic heterocycles. The third-order valence-electron chi connectivity index (χ3n) is 6.68. The van der Waals surface area contributed by atoms with Crippen molar-refractivity contribution in [1.29, 1.82) is 0 Å². The van der Waals surface area contributed by atoms with E-state index in [0.717, 1.165) is 15.6 Å². The fraction of sp³-hybridized carbons (Fsp3) is 0.292. The second kappa shape index (κ2) is 7.08. The average molecular weight is 467 g/mol. The van der Waals surface area contributed by atoms with E-state index >= 15 is 0 Å². The lowest BCUT2D eigenvalue weighted by molar-refractivity contribution is -0.126. The molecular weight excluding hydrogens is 444 g/mol. The highest BCUT2D eigenvalue weighted by molar-refractivity contribution is 9.10. The fourth-order valence-electron chi connectivity index (χ4n) is 5.43. The van der Waals surface area contributed by atoms with Crippen LogP contribution in [0.15, 0.2) is 71.5 Å². The summed E-state index contributed by atoms with van der Waals surface area (Å²) >= 11 is 3.52. The molecule has 1 fully saturated rings. The first-order valence-corrected chi connectivity index (χ1v) is 10.8. The lowest BCUT2D eigenvalue weighted by Crippen LogP contribution is -2.51. The van der Waals surface area contributed by atoms with Gasteiger partial charge in [0.2, 0.25) is 0 Å². The zero-order valence-corrected chi connectivity index (χ0v) is 18.2. The summed E-state index contributed by atoms with van der Waals surface area (Å²) in [5.74, 6) is 0.736. The van der Waals surface area contributed by atoms with E-state index in [0.29, 0.717) is 30.0 Å². The molecule has 2 aromatic carbocycles. The summed E-state index contributed by atoms with van der Waals surface area (Å²) < 4.78 is 13.3. The van der Waals surface area contributed by atoms with Gasteiger partial charge >= 0.3 is 0 Å². The van der Waals surface area contributed by atoms with Crippen LogP contribution in [0.1, 0.15) is 29.0 Å². The van der Waals surface area contributed by atoms with Crippen molar-refractivity contribution in [3.63, 3.8) is 0 Å². The summed E-state index contributed by atoms with van der Waals surface area (Å²) in [6.07, 6.45) is 3.98. The van der Waals surface area contributed by atoms with Crippen molar-refractivity contribution in [2.45, 2.75) is 23.5 Å². The van der Waals surface area contributed by atoms with Crippen LogP contribution in [-0.4, -0.2) is 23.7 Å². The number of pyridine rings is 1. The van der Waals surface area contributed by atoms with Crippen molar-refractivity contribution in [3.05, 3.63) is 88.2 Å². The average Bonchev–Trinajstić information content (AvgIpc) is 3.19. The van der Waals surface area contributed by atoms with Crippen molar-refractivity contribution < 1.29 is 14.6 Å². The summed E-state index contributed by atoms with van der Waals surface area (Å²) in [4.78, 5) is 4.27. The van der Waals surface area contributed by atoms with Gasteiger partial charge in [-0.05, 0) is 36.2 Å². The van der Waals surface area contributed by atoms with E-state index < -0.39 is 11.2 Å². The van der Waals surface area contributed by atoms with Crippen molar-refractivity contribution in [2.75, 3.05) is 13.7 Å². The first-order valence-electron chi connectivity index (χ1n) is 10.0. The van der Waals surface area contributed by atoms with Crippen LogP contribution in [0.4, 0.5) is 0 Å². The molecule has 3 aromatic rings. The van der Waals surface area contributed by atoms with Crippen LogP contribution in [0.25, 0.3) is 0 Å². The number of benzene rings is 2. The molecule has 0 spiro atoms. The highest BCUT2D eigenvalue weighted by atomic mass is 79.9. The first-order chi connectivity index (χ1) is 14.6. The topological polar surface area (TPSA) is 77.6 Å². The van der Waals surface area contributed by atoms with Crippen molar-refractivity contribution in [2.24, 2.45) is 11.7 Å². The van der Waals surface area contributed by atoms with Crippen molar-refractivity contribution in [3.8, 4) is 11.5 Å². The molecule has 0 unspecified atom stereocenters. The van der Waals surface area contributed by atoms with Crippen LogP contribution in [-0.2, 0) is 11.2 Å². The van der Waals surface area contributed by atoms with Gasteiger partial charge in [-0.1, -0.05) is 58.4 Å². The maximum absolute atomic E-state index is 12.5. The van der Waals surface area contributed by atoms with Gasteiger partial charge in [-0.3, -0.25) is 4.98 Å². The van der Waals surface area contributed by atoms with E-state index in [2.05, 4.69) is 33.0 Å². The number of hydrogen-bond donors (Lipinski definition) is 2. The number of methoxy groups -OCH3 is 1. The quantitative estimate of drug-likeness (QED) is 0.605. The van der Waals surface area contributed by atoms with E-state index in [1.54, 1.807) is 19.5 Å². The number of aromatic nitrogens is 1. The van der Waals surface area contributed by atoms with Gasteiger partial charge in [0.05, 0.1) is 25.1 Å². The summed E-state index contributed by atoms with van der Waals surface area (Å²) in [5, 5.41) is 12.5. The number of aliphatic hydroxyl groups is 1. The summed E-state index contributed by atoms with van der Waals surface area (Å²) in [5.41, 5.74) is 6.48. The minimum atomic E-state index is -1.36. The van der Waals surface area contributed by atoms with E-state index in [1.165, 1.54) is 0 Å². The summed E-state index contributed by atoms with van der Waals surface area (Å²) in [7, 11) is 1.58. The molecule has 154 valence electrons. The number of nitrogens with zero attached hydrogens (tertiary/aromatic N) is 1. The van der Waals surface area contributed by atoms with Crippen molar-refractivity contribution in [1.82, 2.24) is 4.98 Å². The predicted octanol–water partition coefficient (Wildman–Crippen LogP) is 4.09. The second-order valence-corrected chi connectivity index (χ2v) is 8.87. The molecule has 0 radical (unpaired) electrons. The highest BCUT2D eigenvalue weighted by Crippen LogP contribution is 2.69. The normalized spacial score (nSPS) is 29.2. The van der Waals surface area contributed by atoms with Crippen LogP contribution in [0, 0.1) is 5.92 Å². The molecule has 0 saturated heterocycles. The number of rotatable bonds is 4. The first kappa shape index (κ1) is 19.5. The van der Waals surface area contributed by atoms with Crippen LogP contribution in [0.2, 0.25) is 0 Å². The molecule has 5 rings (SSSR count). The van der Waals surface area contributed by atoms with Gasteiger partial charge < -0.3 is 20.3 Å². The number of ether oxygens (including phenoxy) is 2. The zero-order valence-electron chi connectivity index (χ0n) is 16.6. The third-order valence-corrected chi connectivity index (χ3v) is 7.20. The SMILES string of the molecule is COc1cncc2c1[C@]1(O)[C@@H](CN)C[C@@H](c3ccccc3)[C@]1(c1ccc(Br)cc1)O2. The molecule has 0 bridgehead atoms. The van der Waals surface area contributed by atoms with Gasteiger partial charge in [0, 0.05) is 16.3 Å². The molecule has 1 aliphatic heterocycles. The van der Waals surface area contributed by atoms with E-state index in [9.17, 15) is 5.11 Å². The van der Waals surface area contributed by atoms with Gasteiger partial charge in [-0.2, -0.15) is 0 Å². The number of nitrogens with two attached hydrogens (primary N) is 1. The Balaban J connectivity index is 1.83. The fourth-order valence-corrected chi connectivity index (χ4v) is 5.70. The monoisotopic (exact) mass is 466 g/mol. The van der Waals surface area contributed by atoms with Crippen LogP contribution >= 0.6 is 15.9 Å². The Labute approximate surface area is 184 Å². The molecule has 2 aliphatic rings. The lowest BCUT2D eigenvalue weighted by Gasteiger charge is -2.41. The van der Waals surface area contributed by atoms with Crippen molar-refractivity contribution >= 4 is 15.9 Å². The number of halogens is 1. The maximum Gasteiger partial charge on any atom is 0.174 e. The minimum absolute atomic E-state index is 0.101. The standard InChI is InChI=1S/C24H23BrN2O3/c1-29-20-13-27-14-21-22(20)23(28)17(12-26)11-19(15-5-3-2-4-6-15)24(23,30-21)16-7-9-18(25)10-8-16/h2-10,13-14,17,19,28H,11-12,26H2,1H3/t17-,19+,23-,24+/m1/s1. The molecule has 6 heteroatoms. The summed E-state index contributed by atoms with van der Waals surface area (Å²) in [6.45, 7) is 0.326. The lowest BCUT2D eigenvalue weighted by atomic mass is 9.70. The van der Waals surface area contributed by atoms with Gasteiger partial charge in [-0.15, -0.1) is 0 Å². The maximum atomic E-state index is 12.5. The Kier molecular flexibility index (Phi) is 4.61. The van der Waals surface area contributed by atoms with Gasteiger partial charge in [-0.25, -0.2) is 0 Å². The molecule has 5 nitrogen and oxygen atoms in total. The van der Waals surface area contributed by atoms with Gasteiger partial charge in [0.15, 0.2) is 5.60 Å². The molecule has 1 aliphatic carbocycles. The zero-order chi connectivity index (χ0) is 20.9. The highest BCUT2D eigenvalue weighted by Gasteiger charge is 2.73. The molecule has 30 heavy (non-hydrogen) atoms. The molecule has 3 N–H and O–H groups in total. The minimum Gasteiger partial charge on any atom is -0.495 e. The second-order valence-electron chi connectivity index (χ2n) is 7.96. The van der Waals surface area contributed by atoms with Crippen LogP contribution < -0.4 is 15.2 Å². The Bertz CT molecular complexity index is 1080.